The van der Waals surface area contributed by atoms with Crippen molar-refractivity contribution in [1.82, 2.24) is 4.90 Å². The van der Waals surface area contributed by atoms with E-state index in [4.69, 9.17) is 0 Å². The molecule has 3 heteroatoms. The molecule has 2 N–H and O–H groups in total. The Bertz CT molecular complexity index is 665. The van der Waals surface area contributed by atoms with Gasteiger partial charge < -0.3 is 10.2 Å². The lowest BCUT2D eigenvalue weighted by molar-refractivity contribution is -0.130. The Hall–Kier alpha value is -0.120. The fourth-order valence-electron chi connectivity index (χ4n) is 10.6. The molecular weight excluding hydrogens is 370 g/mol. The van der Waals surface area contributed by atoms with E-state index in [2.05, 4.69) is 25.7 Å². The largest absolute Gasteiger partial charge is 0.393 e. The number of aliphatic hydroxyl groups is 2. The molecule has 0 aromatic rings. The molecule has 0 spiro atoms. The van der Waals surface area contributed by atoms with Gasteiger partial charge in [-0.2, -0.15) is 0 Å². The lowest BCUT2D eigenvalue weighted by atomic mass is 9.51. The Morgan fingerprint density at radius 2 is 1.53 bits per heavy atom. The van der Waals surface area contributed by atoms with Crippen molar-refractivity contribution in [3.63, 3.8) is 0 Å². The quantitative estimate of drug-likeness (QED) is 0.609. The molecule has 0 amide bonds. The van der Waals surface area contributed by atoms with Crippen molar-refractivity contribution in [2.45, 2.75) is 96.8 Å². The maximum Gasteiger partial charge on any atom is 0.0577 e. The van der Waals surface area contributed by atoms with Crippen molar-refractivity contribution < 1.29 is 10.2 Å². The van der Waals surface area contributed by atoms with Crippen LogP contribution in [0, 0.1) is 58.7 Å². The maximum absolute atomic E-state index is 11.2. The van der Waals surface area contributed by atoms with Crippen LogP contribution in [0.4, 0.5) is 0 Å². The van der Waals surface area contributed by atoms with E-state index in [1.54, 1.807) is 0 Å². The lowest BCUT2D eigenvalue weighted by Crippen LogP contribution is -2.58. The number of piperidine rings is 2. The number of fused-ring (bicyclic) bond motifs is 8. The van der Waals surface area contributed by atoms with E-state index >= 15 is 0 Å². The van der Waals surface area contributed by atoms with Gasteiger partial charge in [0.2, 0.25) is 0 Å². The third kappa shape index (κ3) is 2.86. The number of hydrogen-bond acceptors (Lipinski definition) is 3. The summed E-state index contributed by atoms with van der Waals surface area (Å²) < 4.78 is 0. The fraction of sp³-hybridized carbons (Fsp3) is 1.00. The Morgan fingerprint density at radius 1 is 0.733 bits per heavy atom. The SMILES string of the molecule is C[C@@H]1CCC2[C@H](C)C3CCC4C(CC5C4C[C@H](O)[C@H]4C[C@@H](O)CC[C@]54C)C3CN2C1. The van der Waals surface area contributed by atoms with Gasteiger partial charge in [-0.3, -0.25) is 4.90 Å². The van der Waals surface area contributed by atoms with Crippen LogP contribution in [-0.2, 0) is 0 Å². The first-order valence-electron chi connectivity index (χ1n) is 13.5. The summed E-state index contributed by atoms with van der Waals surface area (Å²) >= 11 is 0. The molecule has 6 aliphatic rings. The molecule has 4 aliphatic carbocycles. The van der Waals surface area contributed by atoms with E-state index in [-0.39, 0.29) is 17.6 Å². The standard InChI is InChI=1S/C27H45NO2/c1-15-4-7-25-16(2)18-5-6-19-20(22(18)14-28(25)13-15)11-23-21(19)12-26(30)24-10-17(29)8-9-27(23,24)3/h15-26,29-30H,4-14H2,1-3H3/t15-,16-,17+,18?,19?,20?,21?,22?,23?,24-,25?,26+,27-/m1/s1. The molecule has 170 valence electrons. The summed E-state index contributed by atoms with van der Waals surface area (Å²) in [5, 5.41) is 21.5. The summed E-state index contributed by atoms with van der Waals surface area (Å²) in [5.41, 5.74) is 0.261. The van der Waals surface area contributed by atoms with Crippen molar-refractivity contribution in [3.05, 3.63) is 0 Å². The summed E-state index contributed by atoms with van der Waals surface area (Å²) in [6.45, 7) is 10.3. The average Bonchev–Trinajstić information content (AvgIpc) is 3.09. The fourth-order valence-corrected chi connectivity index (χ4v) is 10.6. The summed E-state index contributed by atoms with van der Waals surface area (Å²) in [7, 11) is 0. The van der Waals surface area contributed by atoms with Crippen LogP contribution in [0.5, 0.6) is 0 Å². The third-order valence-electron chi connectivity index (χ3n) is 12.0. The second-order valence-corrected chi connectivity index (χ2v) is 13.1. The van der Waals surface area contributed by atoms with Gasteiger partial charge in [-0.15, -0.1) is 0 Å². The minimum Gasteiger partial charge on any atom is -0.393 e. The highest BCUT2D eigenvalue weighted by Crippen LogP contribution is 2.67. The van der Waals surface area contributed by atoms with E-state index in [9.17, 15) is 10.2 Å². The van der Waals surface area contributed by atoms with Gasteiger partial charge in [-0.1, -0.05) is 20.8 Å². The molecule has 0 bridgehead atoms. The van der Waals surface area contributed by atoms with Crippen LogP contribution in [-0.4, -0.2) is 46.5 Å². The zero-order chi connectivity index (χ0) is 20.8. The second kappa shape index (κ2) is 7.19. The highest BCUT2D eigenvalue weighted by Gasteiger charge is 2.62. The third-order valence-corrected chi connectivity index (χ3v) is 12.0. The molecule has 6 rings (SSSR count). The molecule has 0 aromatic carbocycles. The summed E-state index contributed by atoms with van der Waals surface area (Å²) in [6, 6.07) is 0.853. The first-order chi connectivity index (χ1) is 14.4. The van der Waals surface area contributed by atoms with E-state index < -0.39 is 0 Å². The molecule has 13 atom stereocenters. The molecule has 30 heavy (non-hydrogen) atoms. The molecule has 0 aromatic heterocycles. The van der Waals surface area contributed by atoms with Gasteiger partial charge in [-0.05, 0) is 116 Å². The average molecular weight is 416 g/mol. The Balaban J connectivity index is 1.28. The van der Waals surface area contributed by atoms with Crippen LogP contribution in [0.15, 0.2) is 0 Å². The monoisotopic (exact) mass is 415 g/mol. The van der Waals surface area contributed by atoms with Gasteiger partial charge in [0, 0.05) is 19.1 Å². The first kappa shape index (κ1) is 20.5. The van der Waals surface area contributed by atoms with Crippen LogP contribution in [0.2, 0.25) is 0 Å². The lowest BCUT2D eigenvalue weighted by Gasteiger charge is -2.56. The zero-order valence-corrected chi connectivity index (χ0v) is 19.5. The number of aliphatic hydroxyl groups excluding tert-OH is 2. The highest BCUT2D eigenvalue weighted by atomic mass is 16.3. The Kier molecular flexibility index (Phi) is 4.91. The Labute approximate surface area is 184 Å². The van der Waals surface area contributed by atoms with Crippen LogP contribution in [0.3, 0.4) is 0 Å². The molecule has 0 radical (unpaired) electrons. The van der Waals surface area contributed by atoms with Crippen LogP contribution < -0.4 is 0 Å². The van der Waals surface area contributed by atoms with Crippen molar-refractivity contribution in [2.75, 3.05) is 13.1 Å². The second-order valence-electron chi connectivity index (χ2n) is 13.1. The van der Waals surface area contributed by atoms with Gasteiger partial charge in [-0.25, -0.2) is 0 Å². The summed E-state index contributed by atoms with van der Waals surface area (Å²) in [4.78, 5) is 2.92. The summed E-state index contributed by atoms with van der Waals surface area (Å²) in [6.07, 6.45) is 10.7. The molecule has 6 fully saturated rings. The molecular formula is C27H45NO2. The van der Waals surface area contributed by atoms with E-state index in [0.29, 0.717) is 5.92 Å². The van der Waals surface area contributed by atoms with E-state index in [0.717, 1.165) is 79.1 Å². The number of nitrogens with zero attached hydrogens (tertiary/aromatic N) is 1. The van der Waals surface area contributed by atoms with Crippen LogP contribution in [0.1, 0.15) is 78.6 Å². The van der Waals surface area contributed by atoms with Gasteiger partial charge in [0.15, 0.2) is 0 Å². The predicted octanol–water partition coefficient (Wildman–Crippen LogP) is 4.56. The van der Waals surface area contributed by atoms with Crippen molar-refractivity contribution in [1.29, 1.82) is 0 Å². The normalized spacial score (nSPS) is 60.7. The molecule has 2 aliphatic heterocycles. The Morgan fingerprint density at radius 3 is 2.37 bits per heavy atom. The van der Waals surface area contributed by atoms with Crippen molar-refractivity contribution >= 4 is 0 Å². The van der Waals surface area contributed by atoms with Gasteiger partial charge in [0.1, 0.15) is 0 Å². The van der Waals surface area contributed by atoms with Gasteiger partial charge in [0.05, 0.1) is 12.2 Å². The molecule has 2 saturated heterocycles. The molecule has 2 heterocycles. The van der Waals surface area contributed by atoms with Crippen molar-refractivity contribution in [3.8, 4) is 0 Å². The van der Waals surface area contributed by atoms with Gasteiger partial charge >= 0.3 is 0 Å². The first-order valence-corrected chi connectivity index (χ1v) is 13.5. The smallest absolute Gasteiger partial charge is 0.0577 e. The maximum atomic E-state index is 11.2. The van der Waals surface area contributed by atoms with Crippen LogP contribution >= 0.6 is 0 Å². The molecule has 4 saturated carbocycles. The zero-order valence-electron chi connectivity index (χ0n) is 19.5. The van der Waals surface area contributed by atoms with E-state index in [1.807, 2.05) is 0 Å². The minimum absolute atomic E-state index is 0.180. The summed E-state index contributed by atoms with van der Waals surface area (Å²) in [5.74, 6) is 7.22. The van der Waals surface area contributed by atoms with Gasteiger partial charge in [0.25, 0.3) is 0 Å². The van der Waals surface area contributed by atoms with Crippen molar-refractivity contribution in [2.24, 2.45) is 58.7 Å². The molecule has 7 unspecified atom stereocenters. The minimum atomic E-state index is -0.181. The number of rotatable bonds is 0. The highest BCUT2D eigenvalue weighted by molar-refractivity contribution is 5.12. The van der Waals surface area contributed by atoms with Crippen LogP contribution in [0.25, 0.3) is 0 Å². The van der Waals surface area contributed by atoms with E-state index in [1.165, 1.54) is 45.2 Å². The topological polar surface area (TPSA) is 43.7 Å². The predicted molar refractivity (Wildman–Crippen MR) is 120 cm³/mol. The number of hydrogen-bond donors (Lipinski definition) is 2. The molecule has 3 nitrogen and oxygen atoms in total.